The largest absolute Gasteiger partial charge is 0.489 e. The van der Waals surface area contributed by atoms with E-state index in [2.05, 4.69) is 85.7 Å². The Bertz CT molecular complexity index is 1930. The fraction of sp³-hybridized carbons (Fsp3) is 0.479. The van der Waals surface area contributed by atoms with Gasteiger partial charge < -0.3 is 19.1 Å². The lowest BCUT2D eigenvalue weighted by molar-refractivity contribution is -0.102. The normalized spacial score (nSPS) is 15.1. The second-order valence-corrected chi connectivity index (χ2v) is 17.7. The summed E-state index contributed by atoms with van der Waals surface area (Å²) in [5, 5.41) is 0. The highest BCUT2D eigenvalue weighted by Gasteiger charge is 2.48. The Morgan fingerprint density at radius 2 is 1.45 bits per heavy atom. The van der Waals surface area contributed by atoms with Crippen LogP contribution in [0.3, 0.4) is 0 Å². The van der Waals surface area contributed by atoms with Crippen LogP contribution in [0.5, 0.6) is 5.75 Å². The molecule has 56 heavy (non-hydrogen) atoms. The number of hydrogen-bond acceptors (Lipinski definition) is 6. The van der Waals surface area contributed by atoms with E-state index in [0.29, 0.717) is 19.6 Å². The van der Waals surface area contributed by atoms with Crippen LogP contribution >= 0.6 is 0 Å². The minimum absolute atomic E-state index is 0.137. The van der Waals surface area contributed by atoms with E-state index in [1.165, 1.54) is 17.7 Å². The molecule has 0 spiro atoms. The minimum atomic E-state index is -0.444. The van der Waals surface area contributed by atoms with E-state index >= 15 is 0 Å². The Labute approximate surface area is 334 Å². The number of esters is 1. The molecule has 0 aliphatic heterocycles. The van der Waals surface area contributed by atoms with Crippen molar-refractivity contribution in [1.29, 1.82) is 0 Å². The highest BCUT2D eigenvalue weighted by molar-refractivity contribution is 5.87. The lowest BCUT2D eigenvalue weighted by Gasteiger charge is -2.50. The summed E-state index contributed by atoms with van der Waals surface area (Å²) < 4.78 is 31.6. The summed E-state index contributed by atoms with van der Waals surface area (Å²) in [5.74, 6) is 0.108. The van der Waals surface area contributed by atoms with Crippen LogP contribution in [0.2, 0.25) is 0 Å². The van der Waals surface area contributed by atoms with Crippen LogP contribution in [-0.2, 0) is 41.8 Å². The Balaban J connectivity index is 1.36. The third-order valence-corrected chi connectivity index (χ3v) is 11.6. The summed E-state index contributed by atoms with van der Waals surface area (Å²) in [7, 11) is 0. The first-order valence-electron chi connectivity index (χ1n) is 20.1. The number of hydrogen-bond donors (Lipinski definition) is 0. The molecule has 1 amide bonds. The van der Waals surface area contributed by atoms with Gasteiger partial charge in [0.25, 0.3) is 0 Å². The predicted molar refractivity (Wildman–Crippen MR) is 220 cm³/mol. The van der Waals surface area contributed by atoms with Gasteiger partial charge in [-0.1, -0.05) is 116 Å². The van der Waals surface area contributed by atoms with Gasteiger partial charge in [-0.2, -0.15) is 0 Å². The van der Waals surface area contributed by atoms with Crippen molar-refractivity contribution in [2.45, 2.75) is 120 Å². The third kappa shape index (κ3) is 10.6. The van der Waals surface area contributed by atoms with Crippen molar-refractivity contribution >= 4 is 12.1 Å². The number of halogens is 1. The van der Waals surface area contributed by atoms with Crippen LogP contribution in [0.1, 0.15) is 125 Å². The van der Waals surface area contributed by atoms with Gasteiger partial charge in [0, 0.05) is 17.7 Å². The van der Waals surface area contributed by atoms with Gasteiger partial charge in [0.15, 0.2) is 0 Å². The molecule has 0 bridgehead atoms. The predicted octanol–water partition coefficient (Wildman–Crippen LogP) is 11.3. The Hall–Kier alpha value is -4.72. The smallest absolute Gasteiger partial charge is 0.410 e. The maximum atomic E-state index is 14.7. The molecule has 8 heteroatoms. The Morgan fingerprint density at radius 3 is 2.07 bits per heavy atom. The van der Waals surface area contributed by atoms with Gasteiger partial charge in [0.1, 0.15) is 30.0 Å². The van der Waals surface area contributed by atoms with E-state index in [9.17, 15) is 14.0 Å². The monoisotopic (exact) mass is 764 g/mol. The first-order valence-corrected chi connectivity index (χ1v) is 20.1. The number of benzene rings is 3. The molecule has 5 rings (SSSR count). The van der Waals surface area contributed by atoms with E-state index in [1.54, 1.807) is 13.0 Å². The average Bonchev–Trinajstić information content (AvgIpc) is 3.15. The highest BCUT2D eigenvalue weighted by atomic mass is 19.1. The third-order valence-electron chi connectivity index (χ3n) is 11.6. The number of carbonyl (C=O) groups is 2. The first-order chi connectivity index (χ1) is 26.5. The van der Waals surface area contributed by atoms with Gasteiger partial charge in [-0.3, -0.25) is 0 Å². The molecule has 1 heterocycles. The zero-order chi connectivity index (χ0) is 40.7. The number of aromatic nitrogens is 1. The van der Waals surface area contributed by atoms with Gasteiger partial charge in [-0.05, 0) is 108 Å². The molecule has 0 N–H and O–H groups in total. The summed E-state index contributed by atoms with van der Waals surface area (Å²) in [4.78, 5) is 33.9. The maximum absolute atomic E-state index is 14.7. The lowest BCUT2D eigenvalue weighted by Crippen LogP contribution is -2.52. The van der Waals surface area contributed by atoms with Gasteiger partial charge in [-0.25, -0.2) is 19.0 Å². The number of nitrogens with zero attached hydrogens (tertiary/aromatic N) is 2. The van der Waals surface area contributed by atoms with Crippen molar-refractivity contribution in [1.82, 2.24) is 9.88 Å². The average molecular weight is 765 g/mol. The molecule has 300 valence electrons. The van der Waals surface area contributed by atoms with Gasteiger partial charge >= 0.3 is 12.1 Å². The molecule has 1 aromatic heterocycles. The quantitative estimate of drug-likeness (QED) is 0.119. The summed E-state index contributed by atoms with van der Waals surface area (Å²) in [5.41, 5.74) is 5.61. The number of ether oxygens (including phenoxy) is 3. The molecule has 1 aliphatic carbocycles. The number of carbonyl (C=O) groups excluding carboxylic acids is 2. The SMILES string of the molecule is CCOC(=O)c1ccc2c(n1)CCCC2N(CCc1ccccc1OCc1ccc(CCc2ccc(F)cc2)cc1)C(=O)OC(C(C)(C)C)C(C)(C)C(C)(C)C. The van der Waals surface area contributed by atoms with Crippen LogP contribution in [0, 0.1) is 22.1 Å². The van der Waals surface area contributed by atoms with Gasteiger partial charge in [0.2, 0.25) is 0 Å². The Morgan fingerprint density at radius 1 is 0.821 bits per heavy atom. The van der Waals surface area contributed by atoms with Crippen molar-refractivity contribution in [3.05, 3.63) is 130 Å². The highest BCUT2D eigenvalue weighted by Crippen LogP contribution is 2.48. The van der Waals surface area contributed by atoms with Crippen LogP contribution in [-0.4, -0.2) is 41.2 Å². The fourth-order valence-corrected chi connectivity index (χ4v) is 7.61. The number of para-hydroxylation sites is 1. The number of fused-ring (bicyclic) bond motifs is 1. The Kier molecular flexibility index (Phi) is 13.7. The summed E-state index contributed by atoms with van der Waals surface area (Å²) in [6, 6.07) is 26.5. The van der Waals surface area contributed by atoms with E-state index in [-0.39, 0.29) is 52.6 Å². The lowest BCUT2D eigenvalue weighted by atomic mass is 9.60. The molecular weight excluding hydrogens is 704 g/mol. The van der Waals surface area contributed by atoms with Crippen molar-refractivity contribution in [3.8, 4) is 5.75 Å². The number of rotatable bonds is 14. The molecule has 2 unspecified atom stereocenters. The molecule has 0 saturated heterocycles. The second kappa shape index (κ2) is 18.0. The van der Waals surface area contributed by atoms with Crippen LogP contribution < -0.4 is 4.74 Å². The standard InChI is InChI=1S/C48H61FN2O5/c1-10-54-43(52)40-29-28-38-39(50-40)15-13-16-41(38)51(45(53)56-44(46(2,3)4)48(8,9)47(5,6)7)31-30-36-14-11-12-17-42(36)55-32-35-22-20-33(21-23-35)18-19-34-24-26-37(49)27-25-34/h11-12,14,17,20-29,41,44H,10,13,15-16,18-19,30-32H2,1-9H3. The molecule has 0 saturated carbocycles. The molecule has 2 atom stereocenters. The number of amides is 1. The molecule has 3 aromatic carbocycles. The van der Waals surface area contributed by atoms with E-state index in [4.69, 9.17) is 19.2 Å². The molecule has 0 fully saturated rings. The van der Waals surface area contributed by atoms with Crippen molar-refractivity contribution in [3.63, 3.8) is 0 Å². The molecule has 7 nitrogen and oxygen atoms in total. The molecular formula is C48H61FN2O5. The number of pyridine rings is 1. The molecule has 4 aromatic rings. The summed E-state index contributed by atoms with van der Waals surface area (Å²) in [6.07, 6.45) is 3.83. The maximum Gasteiger partial charge on any atom is 0.410 e. The summed E-state index contributed by atoms with van der Waals surface area (Å²) in [6.45, 7) is 20.2. The van der Waals surface area contributed by atoms with E-state index in [0.717, 1.165) is 65.8 Å². The van der Waals surface area contributed by atoms with Gasteiger partial charge in [0.05, 0.1) is 12.6 Å². The zero-order valence-electron chi connectivity index (χ0n) is 34.9. The van der Waals surface area contributed by atoms with E-state index < -0.39 is 5.97 Å². The van der Waals surface area contributed by atoms with Crippen molar-refractivity contribution in [2.24, 2.45) is 16.2 Å². The second-order valence-electron chi connectivity index (χ2n) is 17.7. The molecule has 1 aliphatic rings. The molecule has 0 radical (unpaired) electrons. The zero-order valence-corrected chi connectivity index (χ0v) is 34.9. The van der Waals surface area contributed by atoms with Crippen molar-refractivity contribution < 1.29 is 28.2 Å². The van der Waals surface area contributed by atoms with Crippen LogP contribution in [0.4, 0.5) is 9.18 Å². The van der Waals surface area contributed by atoms with Crippen LogP contribution in [0.25, 0.3) is 0 Å². The first kappa shape index (κ1) is 42.4. The fourth-order valence-electron chi connectivity index (χ4n) is 7.61. The van der Waals surface area contributed by atoms with Crippen LogP contribution in [0.15, 0.2) is 84.9 Å². The van der Waals surface area contributed by atoms with E-state index in [1.807, 2.05) is 41.3 Å². The topological polar surface area (TPSA) is 78.0 Å². The minimum Gasteiger partial charge on any atom is -0.489 e. The van der Waals surface area contributed by atoms with Crippen molar-refractivity contribution in [2.75, 3.05) is 13.2 Å². The summed E-state index contributed by atoms with van der Waals surface area (Å²) >= 11 is 0. The van der Waals surface area contributed by atoms with Gasteiger partial charge in [-0.15, -0.1) is 0 Å². The number of aryl methyl sites for hydroxylation is 3.